The molecule has 0 radical (unpaired) electrons. The number of hydrogen-bond donors (Lipinski definition) is 1. The molecule has 194 valence electrons. The molecule has 0 fully saturated rings. The van der Waals surface area contributed by atoms with Crippen LogP contribution in [0.3, 0.4) is 0 Å². The van der Waals surface area contributed by atoms with Crippen molar-refractivity contribution in [3.8, 4) is 0 Å². The van der Waals surface area contributed by atoms with Crippen LogP contribution in [0.25, 0.3) is 22.7 Å². The van der Waals surface area contributed by atoms with Gasteiger partial charge in [-0.1, -0.05) is 72.0 Å². The van der Waals surface area contributed by atoms with Crippen molar-refractivity contribution in [2.45, 2.75) is 19.9 Å². The predicted molar refractivity (Wildman–Crippen MR) is 150 cm³/mol. The first-order chi connectivity index (χ1) is 19.0. The van der Waals surface area contributed by atoms with Crippen LogP contribution in [0.1, 0.15) is 35.3 Å². The van der Waals surface area contributed by atoms with Gasteiger partial charge >= 0.3 is 5.97 Å². The van der Waals surface area contributed by atoms with Crippen molar-refractivity contribution in [2.24, 2.45) is 4.99 Å². The number of aromatic nitrogens is 2. The second kappa shape index (κ2) is 9.96. The summed E-state index contributed by atoms with van der Waals surface area (Å²) in [5.74, 6) is -0.984. The van der Waals surface area contributed by atoms with Crippen LogP contribution in [0.2, 0.25) is 0 Å². The normalized spacial score (nSPS) is 15.4. The van der Waals surface area contributed by atoms with Gasteiger partial charge in [-0.15, -0.1) is 0 Å². The number of fused-ring (bicyclic) bond motifs is 2. The number of aromatic amines is 1. The van der Waals surface area contributed by atoms with E-state index in [1.165, 1.54) is 28.0 Å². The van der Waals surface area contributed by atoms with E-state index in [9.17, 15) is 14.0 Å². The lowest BCUT2D eigenvalue weighted by Crippen LogP contribution is -2.40. The topological polar surface area (TPSA) is 76.4 Å². The van der Waals surface area contributed by atoms with Crippen LogP contribution in [-0.4, -0.2) is 22.1 Å². The van der Waals surface area contributed by atoms with Gasteiger partial charge in [-0.2, -0.15) is 0 Å². The number of esters is 1. The molecule has 3 heterocycles. The lowest BCUT2D eigenvalue weighted by atomic mass is 9.93. The summed E-state index contributed by atoms with van der Waals surface area (Å²) in [6.45, 7) is 3.85. The van der Waals surface area contributed by atoms with Crippen LogP contribution in [0, 0.1) is 12.7 Å². The lowest BCUT2D eigenvalue weighted by molar-refractivity contribution is -0.138. The molecule has 1 atom stereocenters. The average molecular weight is 538 g/mol. The molecule has 0 saturated heterocycles. The molecule has 39 heavy (non-hydrogen) atoms. The van der Waals surface area contributed by atoms with Crippen molar-refractivity contribution in [1.29, 1.82) is 0 Å². The Bertz CT molecular complexity index is 1930. The Balaban J connectivity index is 1.67. The van der Waals surface area contributed by atoms with Gasteiger partial charge in [-0.25, -0.2) is 14.2 Å². The van der Waals surface area contributed by atoms with Crippen molar-refractivity contribution in [1.82, 2.24) is 9.55 Å². The Hall–Kier alpha value is -4.56. The molecule has 8 heteroatoms. The lowest BCUT2D eigenvalue weighted by Gasteiger charge is -2.25. The highest BCUT2D eigenvalue weighted by molar-refractivity contribution is 7.07. The highest BCUT2D eigenvalue weighted by Crippen LogP contribution is 2.35. The Morgan fingerprint density at radius 3 is 2.54 bits per heavy atom. The molecule has 6 nitrogen and oxygen atoms in total. The van der Waals surface area contributed by atoms with Crippen LogP contribution >= 0.6 is 11.3 Å². The first-order valence-corrected chi connectivity index (χ1v) is 13.4. The van der Waals surface area contributed by atoms with Crippen molar-refractivity contribution in [2.75, 3.05) is 6.61 Å². The zero-order valence-electron chi connectivity index (χ0n) is 21.3. The fourth-order valence-electron chi connectivity index (χ4n) is 5.02. The standard InChI is InChI=1S/C31H24FN3O3S/c1-3-38-30(37)26-27(19-9-5-4-6-10-19)34-31-35(28(26)20-13-15-21(32)16-14-20)29(36)25(39-31)17-23-18(2)33-24-12-8-7-11-22(23)24/h4-17,28,33H,3H2,1-2H3/b25-17-/t28-/m0/s1. The molecule has 6 rings (SSSR count). The number of rotatable bonds is 5. The number of hydrogen-bond acceptors (Lipinski definition) is 5. The van der Waals surface area contributed by atoms with Gasteiger partial charge in [0.2, 0.25) is 0 Å². The summed E-state index contributed by atoms with van der Waals surface area (Å²) in [7, 11) is 0. The number of carbonyl (C=O) groups is 1. The maximum Gasteiger partial charge on any atom is 0.338 e. The molecule has 0 saturated carbocycles. The van der Waals surface area contributed by atoms with Gasteiger partial charge < -0.3 is 9.72 Å². The van der Waals surface area contributed by atoms with Crippen molar-refractivity contribution in [3.05, 3.63) is 132 Å². The van der Waals surface area contributed by atoms with Crippen molar-refractivity contribution >= 4 is 40.0 Å². The Morgan fingerprint density at radius 2 is 1.79 bits per heavy atom. The third kappa shape index (κ3) is 4.32. The fraction of sp³-hybridized carbons (Fsp3) is 0.129. The average Bonchev–Trinajstić information content (AvgIpc) is 3.44. The van der Waals surface area contributed by atoms with Crippen LogP contribution in [0.5, 0.6) is 0 Å². The fourth-order valence-corrected chi connectivity index (χ4v) is 6.00. The molecule has 0 amide bonds. The summed E-state index contributed by atoms with van der Waals surface area (Å²) in [6, 6.07) is 22.2. The first kappa shape index (κ1) is 24.8. The molecule has 0 aliphatic carbocycles. The van der Waals surface area contributed by atoms with Crippen LogP contribution in [0.15, 0.2) is 94.2 Å². The molecule has 0 unspecified atom stereocenters. The van der Waals surface area contributed by atoms with Crippen LogP contribution in [-0.2, 0) is 9.53 Å². The quantitative estimate of drug-likeness (QED) is 0.325. The summed E-state index contributed by atoms with van der Waals surface area (Å²) < 4.78 is 21.4. The number of ether oxygens (including phenoxy) is 1. The molecular weight excluding hydrogens is 513 g/mol. The molecule has 0 bridgehead atoms. The van der Waals surface area contributed by atoms with Gasteiger partial charge in [0.1, 0.15) is 5.82 Å². The number of benzene rings is 3. The number of carbonyl (C=O) groups excluding carboxylic acids is 1. The highest BCUT2D eigenvalue weighted by Gasteiger charge is 2.35. The van der Waals surface area contributed by atoms with Gasteiger partial charge in [-0.05, 0) is 43.7 Å². The summed E-state index contributed by atoms with van der Waals surface area (Å²) in [4.78, 5) is 36.2. The number of aryl methyl sites for hydroxylation is 1. The summed E-state index contributed by atoms with van der Waals surface area (Å²) in [5, 5.41) is 1.01. The number of H-pyrrole nitrogens is 1. The number of thiazole rings is 1. The molecule has 0 spiro atoms. The smallest absolute Gasteiger partial charge is 0.338 e. The van der Waals surface area contributed by atoms with E-state index in [2.05, 4.69) is 4.98 Å². The van der Waals surface area contributed by atoms with Crippen molar-refractivity contribution in [3.63, 3.8) is 0 Å². The van der Waals surface area contributed by atoms with Crippen LogP contribution in [0.4, 0.5) is 4.39 Å². The van der Waals surface area contributed by atoms with E-state index in [0.717, 1.165) is 27.7 Å². The minimum Gasteiger partial charge on any atom is -0.463 e. The van der Waals surface area contributed by atoms with Gasteiger partial charge in [0.05, 0.1) is 28.5 Å². The summed E-state index contributed by atoms with van der Waals surface area (Å²) >= 11 is 1.26. The summed E-state index contributed by atoms with van der Waals surface area (Å²) in [6.07, 6.45) is 1.87. The van der Waals surface area contributed by atoms with E-state index in [4.69, 9.17) is 9.73 Å². The Kier molecular flexibility index (Phi) is 6.32. The highest BCUT2D eigenvalue weighted by atomic mass is 32.1. The maximum absolute atomic E-state index is 14.0. The molecule has 1 N–H and O–H groups in total. The zero-order valence-corrected chi connectivity index (χ0v) is 22.1. The molecule has 1 aliphatic rings. The Morgan fingerprint density at radius 1 is 1.08 bits per heavy atom. The van der Waals surface area contributed by atoms with E-state index in [1.54, 1.807) is 19.1 Å². The molecular formula is C31H24FN3O3S. The molecule has 1 aliphatic heterocycles. The minimum absolute atomic E-state index is 0.158. The monoisotopic (exact) mass is 537 g/mol. The van der Waals surface area contributed by atoms with E-state index >= 15 is 0 Å². The van der Waals surface area contributed by atoms with Crippen molar-refractivity contribution < 1.29 is 13.9 Å². The number of nitrogens with zero attached hydrogens (tertiary/aromatic N) is 2. The van der Waals surface area contributed by atoms with E-state index in [-0.39, 0.29) is 17.7 Å². The second-order valence-corrected chi connectivity index (χ2v) is 10.2. The summed E-state index contributed by atoms with van der Waals surface area (Å²) in [5.41, 5.74) is 4.52. The van der Waals surface area contributed by atoms with Gasteiger partial charge in [0.25, 0.3) is 5.56 Å². The van der Waals surface area contributed by atoms with Gasteiger partial charge in [0.15, 0.2) is 4.80 Å². The maximum atomic E-state index is 14.0. The molecule has 3 aromatic carbocycles. The number of para-hydroxylation sites is 1. The third-order valence-electron chi connectivity index (χ3n) is 6.78. The zero-order chi connectivity index (χ0) is 27.1. The van der Waals surface area contributed by atoms with Gasteiger partial charge in [-0.3, -0.25) is 9.36 Å². The predicted octanol–water partition coefficient (Wildman–Crippen LogP) is 4.86. The van der Waals surface area contributed by atoms with Gasteiger partial charge in [0, 0.05) is 27.7 Å². The van der Waals surface area contributed by atoms with E-state index in [0.29, 0.717) is 20.6 Å². The van der Waals surface area contributed by atoms with E-state index < -0.39 is 17.8 Å². The number of nitrogens with one attached hydrogen (secondary N) is 1. The third-order valence-corrected chi connectivity index (χ3v) is 7.76. The Labute approximate surface area is 227 Å². The van der Waals surface area contributed by atoms with E-state index in [1.807, 2.05) is 67.6 Å². The minimum atomic E-state index is -0.845. The second-order valence-electron chi connectivity index (χ2n) is 9.19. The molecule has 2 aromatic heterocycles. The molecule has 5 aromatic rings. The number of halogens is 1. The first-order valence-electron chi connectivity index (χ1n) is 12.6. The SMILES string of the molecule is CCOC(=O)C1=C(c2ccccc2)N=c2s/c(=C\c3c(C)[nH]c4ccccc34)c(=O)n2[C@H]1c1ccc(F)cc1. The van der Waals surface area contributed by atoms with Crippen LogP contribution < -0.4 is 14.9 Å². The largest absolute Gasteiger partial charge is 0.463 e.